The summed E-state index contributed by atoms with van der Waals surface area (Å²) in [6.07, 6.45) is -0.507. The van der Waals surface area contributed by atoms with Gasteiger partial charge in [0.15, 0.2) is 11.5 Å². The second-order valence-electron chi connectivity index (χ2n) is 8.80. The Balaban J connectivity index is 1.73. The number of hydrogen-bond acceptors (Lipinski definition) is 6. The van der Waals surface area contributed by atoms with Crippen molar-refractivity contribution in [2.24, 2.45) is 4.36 Å². The summed E-state index contributed by atoms with van der Waals surface area (Å²) in [7, 11) is -2.79. The van der Waals surface area contributed by atoms with Crippen molar-refractivity contribution in [1.82, 2.24) is 19.6 Å². The molecule has 3 aromatic heterocycles. The number of anilines is 1. The van der Waals surface area contributed by atoms with Crippen LogP contribution in [0.15, 0.2) is 28.8 Å². The lowest BCUT2D eigenvalue weighted by Crippen LogP contribution is -2.22. The molecule has 0 bridgehead atoms. The molecule has 1 aliphatic carbocycles. The average Bonchev–Trinajstić information content (AvgIpc) is 3.15. The molecule has 0 aliphatic heterocycles. The molecule has 3 aromatic rings. The smallest absolute Gasteiger partial charge is 0.325 e. The number of halogens is 4. The Morgan fingerprint density at radius 2 is 1.97 bits per heavy atom. The third kappa shape index (κ3) is 4.54. The van der Waals surface area contributed by atoms with Crippen LogP contribution in [0, 0.1) is 5.95 Å². The highest BCUT2D eigenvalue weighted by Crippen LogP contribution is 2.46. The molecule has 176 valence electrons. The molecular weight excluding hydrogens is 464 g/mol. The van der Waals surface area contributed by atoms with Gasteiger partial charge in [-0.3, -0.25) is 4.79 Å². The summed E-state index contributed by atoms with van der Waals surface area (Å²) in [6.45, 7) is 3.73. The Kier molecular flexibility index (Phi) is 5.22. The van der Waals surface area contributed by atoms with E-state index < -0.39 is 50.6 Å². The number of nitrogens with zero attached hydrogens (tertiary/aromatic N) is 5. The summed E-state index contributed by atoms with van der Waals surface area (Å²) >= 11 is 0. The van der Waals surface area contributed by atoms with Crippen LogP contribution in [0.3, 0.4) is 0 Å². The zero-order valence-electron chi connectivity index (χ0n) is 18.1. The molecule has 0 aromatic carbocycles. The van der Waals surface area contributed by atoms with E-state index in [1.54, 1.807) is 0 Å². The van der Waals surface area contributed by atoms with Crippen molar-refractivity contribution in [3.8, 4) is 0 Å². The van der Waals surface area contributed by atoms with E-state index >= 15 is 0 Å². The largest absolute Gasteiger partial charge is 0.433 e. The van der Waals surface area contributed by atoms with Gasteiger partial charge in [-0.25, -0.2) is 18.7 Å². The van der Waals surface area contributed by atoms with E-state index in [0.29, 0.717) is 29.4 Å². The summed E-state index contributed by atoms with van der Waals surface area (Å²) in [4.78, 5) is 20.7. The first-order chi connectivity index (χ1) is 15.1. The molecule has 0 fully saturated rings. The third-order valence-corrected chi connectivity index (χ3v) is 5.84. The van der Waals surface area contributed by atoms with Crippen LogP contribution in [-0.2, 0) is 26.1 Å². The number of rotatable bonds is 3. The molecule has 1 unspecified atom stereocenters. The zero-order valence-corrected chi connectivity index (χ0v) is 18.9. The maximum Gasteiger partial charge on any atom is 0.433 e. The summed E-state index contributed by atoms with van der Waals surface area (Å²) in [5.74, 6) is -2.45. The normalized spacial score (nSPS) is 17.8. The monoisotopic (exact) mass is 484 g/mol. The molecular formula is C20H20F4N6O2S. The predicted molar refractivity (Wildman–Crippen MR) is 113 cm³/mol. The van der Waals surface area contributed by atoms with E-state index in [9.17, 15) is 26.6 Å². The van der Waals surface area contributed by atoms with Crippen LogP contribution in [0.1, 0.15) is 43.1 Å². The van der Waals surface area contributed by atoms with Crippen LogP contribution in [0.5, 0.6) is 0 Å². The van der Waals surface area contributed by atoms with Crippen LogP contribution in [-0.4, -0.2) is 42.2 Å². The number of amides is 1. The Morgan fingerprint density at radius 1 is 1.27 bits per heavy atom. The van der Waals surface area contributed by atoms with Gasteiger partial charge in [0.05, 0.1) is 11.6 Å². The van der Waals surface area contributed by atoms with E-state index in [1.807, 2.05) is 13.8 Å². The molecule has 1 aliphatic rings. The number of fused-ring (bicyclic) bond motifs is 3. The van der Waals surface area contributed by atoms with Gasteiger partial charge in [-0.05, 0) is 12.5 Å². The molecule has 3 heterocycles. The number of pyridine rings is 1. The molecule has 0 saturated carbocycles. The first-order valence-corrected chi connectivity index (χ1v) is 12.1. The highest BCUT2D eigenvalue weighted by atomic mass is 32.2. The number of hydrogen-bond donors (Lipinski definition) is 1. The molecule has 13 heteroatoms. The molecule has 1 N–H and O–H groups in total. The first-order valence-electron chi connectivity index (χ1n) is 9.76. The third-order valence-electron chi connectivity index (χ3n) is 5.21. The van der Waals surface area contributed by atoms with Gasteiger partial charge in [-0.1, -0.05) is 13.8 Å². The fraction of sp³-hybridized carbons (Fsp3) is 0.400. The van der Waals surface area contributed by atoms with Gasteiger partial charge in [0.1, 0.15) is 5.69 Å². The lowest BCUT2D eigenvalue weighted by Gasteiger charge is -2.19. The van der Waals surface area contributed by atoms with Crippen molar-refractivity contribution in [1.29, 1.82) is 0 Å². The minimum atomic E-state index is -4.80. The number of carbonyl (C=O) groups is 1. The highest BCUT2D eigenvalue weighted by Gasteiger charge is 2.43. The van der Waals surface area contributed by atoms with E-state index in [1.165, 1.54) is 29.3 Å². The van der Waals surface area contributed by atoms with E-state index in [-0.39, 0.29) is 5.69 Å². The van der Waals surface area contributed by atoms with Gasteiger partial charge in [-0.2, -0.15) is 21.9 Å². The number of carbonyl (C=O) groups excluding carboxylic acids is 1. The van der Waals surface area contributed by atoms with Crippen LogP contribution < -0.4 is 5.32 Å². The van der Waals surface area contributed by atoms with Gasteiger partial charge in [-0.15, -0.1) is 5.10 Å². The van der Waals surface area contributed by atoms with E-state index in [0.717, 1.165) is 6.07 Å². The second-order valence-corrected chi connectivity index (χ2v) is 11.3. The minimum Gasteiger partial charge on any atom is -0.325 e. The first kappa shape index (κ1) is 23.1. The Bertz CT molecular complexity index is 1400. The van der Waals surface area contributed by atoms with Gasteiger partial charge in [0.25, 0.3) is 0 Å². The second kappa shape index (κ2) is 7.47. The molecule has 4 rings (SSSR count). The zero-order chi connectivity index (χ0) is 24.3. The average molecular weight is 484 g/mol. The lowest BCUT2D eigenvalue weighted by atomic mass is 9.88. The fourth-order valence-electron chi connectivity index (χ4n) is 4.04. The molecule has 1 atom stereocenters. The maximum absolute atomic E-state index is 13.7. The predicted octanol–water partition coefficient (Wildman–Crippen LogP) is 4.04. The van der Waals surface area contributed by atoms with Crippen molar-refractivity contribution < 1.29 is 26.6 Å². The van der Waals surface area contributed by atoms with Crippen molar-refractivity contribution in [2.75, 3.05) is 17.8 Å². The number of nitrogens with one attached hydrogen (secondary N) is 1. The topological polar surface area (TPSA) is 102 Å². The Morgan fingerprint density at radius 3 is 2.61 bits per heavy atom. The summed E-state index contributed by atoms with van der Waals surface area (Å²) in [5.41, 5.74) is -0.635. The molecule has 33 heavy (non-hydrogen) atoms. The minimum absolute atomic E-state index is 0.185. The van der Waals surface area contributed by atoms with Crippen LogP contribution in [0.2, 0.25) is 0 Å². The van der Waals surface area contributed by atoms with Crippen molar-refractivity contribution in [2.45, 2.75) is 37.8 Å². The Labute approximate surface area is 186 Å². The van der Waals surface area contributed by atoms with Crippen LogP contribution in [0.25, 0.3) is 5.65 Å². The lowest BCUT2D eigenvalue weighted by molar-refractivity contribution is -0.141. The quantitative estimate of drug-likeness (QED) is 0.566. The number of alkyl halides is 3. The fourth-order valence-corrected chi connectivity index (χ4v) is 4.58. The summed E-state index contributed by atoms with van der Waals surface area (Å²) in [6, 6.07) is 2.99. The van der Waals surface area contributed by atoms with Gasteiger partial charge >= 0.3 is 6.18 Å². The van der Waals surface area contributed by atoms with Crippen LogP contribution >= 0.6 is 0 Å². The molecule has 0 radical (unpaired) electrons. The number of aromatic nitrogens is 4. The van der Waals surface area contributed by atoms with Crippen molar-refractivity contribution in [3.63, 3.8) is 0 Å². The van der Waals surface area contributed by atoms with Crippen LogP contribution in [0.4, 0.5) is 29.1 Å². The summed E-state index contributed by atoms with van der Waals surface area (Å²) < 4.78 is 70.7. The maximum atomic E-state index is 13.7. The van der Waals surface area contributed by atoms with Gasteiger partial charge in [0, 0.05) is 57.2 Å². The van der Waals surface area contributed by atoms with Gasteiger partial charge in [0.2, 0.25) is 11.9 Å². The molecule has 1 amide bonds. The van der Waals surface area contributed by atoms with E-state index in [4.69, 9.17) is 0 Å². The van der Waals surface area contributed by atoms with Crippen molar-refractivity contribution >= 4 is 32.8 Å². The molecule has 8 nitrogen and oxygen atoms in total. The highest BCUT2D eigenvalue weighted by molar-refractivity contribution is 7.92. The summed E-state index contributed by atoms with van der Waals surface area (Å²) in [5, 5.41) is 6.32. The van der Waals surface area contributed by atoms with Gasteiger partial charge < -0.3 is 5.32 Å². The molecule has 0 spiro atoms. The Hall–Kier alpha value is -3.09. The SMILES string of the molecule is CC1(C)CC(C(=O)Nc2cc(N=S(C)(C)=O)nc(C(F)(F)F)c2)c2cnc3cc(F)nn3c21. The van der Waals surface area contributed by atoms with E-state index in [2.05, 4.69) is 24.7 Å². The van der Waals surface area contributed by atoms with Crippen molar-refractivity contribution in [3.05, 3.63) is 47.3 Å². The standard InChI is InChI=1S/C20H20F4N6O2S/c1-19(2)8-11(12-9-25-16-7-14(21)28-30(16)17(12)19)18(31)26-10-5-13(20(22,23)24)27-15(6-10)29-33(3,4)32/h5-7,9,11H,8H2,1-4H3,(H,26,27,31). The molecule has 0 saturated heterocycles.